The van der Waals surface area contributed by atoms with E-state index in [9.17, 15) is 76.6 Å². The number of carbonyl (C=O) groups is 1. The molecule has 10 aliphatic rings. The van der Waals surface area contributed by atoms with Crippen molar-refractivity contribution >= 4 is 5.97 Å². The molecule has 0 aromatic carbocycles. The lowest BCUT2D eigenvalue weighted by atomic mass is 9.33. The first-order valence-corrected chi connectivity index (χ1v) is 30.1. The molecule has 32 unspecified atom stereocenters. The zero-order valence-corrected chi connectivity index (χ0v) is 49.1. The normalized spacial score (nSPS) is 54.6. The van der Waals surface area contributed by atoms with Gasteiger partial charge in [0, 0.05) is 5.92 Å². The van der Waals surface area contributed by atoms with Gasteiger partial charge in [0.25, 0.3) is 0 Å². The third-order valence-electron chi connectivity index (χ3n) is 22.9. The van der Waals surface area contributed by atoms with Crippen molar-refractivity contribution in [3.8, 4) is 0 Å². The maximum atomic E-state index is 15.6. The van der Waals surface area contributed by atoms with Crippen LogP contribution in [0.4, 0.5) is 0 Å². The highest BCUT2D eigenvalue weighted by atomic mass is 16.8. The van der Waals surface area contributed by atoms with Crippen molar-refractivity contribution in [2.45, 2.75) is 267 Å². The van der Waals surface area contributed by atoms with Crippen LogP contribution in [-0.4, -0.2) is 263 Å². The molecule has 9 fully saturated rings. The Morgan fingerprint density at radius 3 is 1.85 bits per heavy atom. The van der Waals surface area contributed by atoms with Gasteiger partial charge in [-0.1, -0.05) is 60.1 Å². The molecule has 5 aliphatic heterocycles. The van der Waals surface area contributed by atoms with E-state index in [4.69, 9.17) is 47.4 Å². The lowest BCUT2D eigenvalue weighted by Gasteiger charge is -2.71. The van der Waals surface area contributed by atoms with E-state index in [1.54, 1.807) is 0 Å². The summed E-state index contributed by atoms with van der Waals surface area (Å²) >= 11 is 0. The lowest BCUT2D eigenvalue weighted by molar-refractivity contribution is -0.365. The van der Waals surface area contributed by atoms with E-state index >= 15 is 4.79 Å². The summed E-state index contributed by atoms with van der Waals surface area (Å²) in [7, 11) is 0. The molecule has 32 atom stereocenters. The first-order chi connectivity index (χ1) is 39.3. The van der Waals surface area contributed by atoms with Crippen molar-refractivity contribution in [3.05, 3.63) is 11.6 Å². The average Bonchev–Trinajstić information content (AvgIpc) is 0.716. The Hall–Kier alpha value is -1.75. The van der Waals surface area contributed by atoms with Crippen molar-refractivity contribution in [2.24, 2.45) is 50.2 Å². The Morgan fingerprint density at radius 1 is 0.560 bits per heavy atom. The van der Waals surface area contributed by atoms with Crippen LogP contribution in [0.15, 0.2) is 11.6 Å². The van der Waals surface area contributed by atoms with E-state index in [1.807, 2.05) is 13.8 Å². The van der Waals surface area contributed by atoms with E-state index in [0.717, 1.165) is 24.8 Å². The molecule has 5 heterocycles. The molecule has 5 aliphatic carbocycles. The minimum atomic E-state index is -1.95. The molecule has 26 nitrogen and oxygen atoms in total. The molecule has 482 valence electrons. The van der Waals surface area contributed by atoms with Crippen molar-refractivity contribution in [2.75, 3.05) is 26.4 Å². The van der Waals surface area contributed by atoms with Gasteiger partial charge in [-0.2, -0.15) is 0 Å². The monoisotopic (exact) mass is 1210 g/mol. The van der Waals surface area contributed by atoms with Crippen LogP contribution in [0.1, 0.15) is 113 Å². The SMILES string of the molecule is CC1OC(OC2C(OC(=O)C34CCC(C)(C)C(O)C3C3=CCC5C6(C)CCC(OC7OCC(O)C(OC8OC(CO)C(O)C(O)C8O)C7O)C(C)(C)C6CCC5(C)C3(C)CC4)OC(COC3OCC(O)C(O)C3O)C(O)C2O)C(O)C(O)C1O. The van der Waals surface area contributed by atoms with Gasteiger partial charge < -0.3 is 124 Å². The van der Waals surface area contributed by atoms with Gasteiger partial charge in [-0.25, -0.2) is 0 Å². The highest BCUT2D eigenvalue weighted by molar-refractivity contribution is 5.79. The summed E-state index contributed by atoms with van der Waals surface area (Å²) in [5, 5.41) is 163. The molecule has 0 aromatic heterocycles. The van der Waals surface area contributed by atoms with Crippen molar-refractivity contribution < 1.29 is 129 Å². The van der Waals surface area contributed by atoms with Crippen LogP contribution in [0.25, 0.3) is 0 Å². The maximum Gasteiger partial charge on any atom is 0.315 e. The van der Waals surface area contributed by atoms with E-state index in [0.29, 0.717) is 25.7 Å². The van der Waals surface area contributed by atoms with Crippen LogP contribution >= 0.6 is 0 Å². The van der Waals surface area contributed by atoms with Crippen LogP contribution in [0.5, 0.6) is 0 Å². The third-order valence-corrected chi connectivity index (χ3v) is 22.9. The standard InChI is InChI=1S/C58H94O26/c1-23-33(62)37(66)41(70)49(78-23)83-45-39(68)36(65)28(22-77-47-40(69)34(63)25(60)20-75-47)80-51(45)84-52(74)58-17-15-53(2,3)46(73)32(58)24-9-10-30-55(6)13-12-31(54(4,5)29(55)11-14-57(30,8)56(24,7)16-18-58)81-48-43(72)44(26(61)21-76-48)82-50-42(71)38(67)35(64)27(19-59)79-50/h9,23,25-51,59-73H,10-22H2,1-8H3. The molecule has 5 saturated heterocycles. The van der Waals surface area contributed by atoms with Crippen molar-refractivity contribution in [1.82, 2.24) is 0 Å². The van der Waals surface area contributed by atoms with Crippen LogP contribution in [0.3, 0.4) is 0 Å². The smallest absolute Gasteiger partial charge is 0.315 e. The predicted octanol–water partition coefficient (Wildman–Crippen LogP) is -2.93. The molecular weight excluding hydrogens is 1110 g/mol. The number of esters is 1. The van der Waals surface area contributed by atoms with Crippen LogP contribution < -0.4 is 0 Å². The van der Waals surface area contributed by atoms with Gasteiger partial charge in [-0.15, -0.1) is 0 Å². The second-order valence-electron chi connectivity index (χ2n) is 28.2. The van der Waals surface area contributed by atoms with E-state index < -0.39 is 207 Å². The van der Waals surface area contributed by atoms with E-state index in [1.165, 1.54) is 6.92 Å². The van der Waals surface area contributed by atoms with Gasteiger partial charge in [-0.3, -0.25) is 4.79 Å². The van der Waals surface area contributed by atoms with Gasteiger partial charge >= 0.3 is 5.97 Å². The number of carbonyl (C=O) groups excluding carboxylic acids is 1. The Morgan fingerprint density at radius 2 is 1.15 bits per heavy atom. The first-order valence-electron chi connectivity index (χ1n) is 30.1. The predicted molar refractivity (Wildman–Crippen MR) is 283 cm³/mol. The Kier molecular flexibility index (Phi) is 18.5. The summed E-state index contributed by atoms with van der Waals surface area (Å²) in [6.45, 7) is 14.6. The summed E-state index contributed by atoms with van der Waals surface area (Å²) in [6.07, 6.45) is -31.2. The molecule has 0 bridgehead atoms. The first kappa shape index (κ1) is 65.2. The molecule has 15 N–H and O–H groups in total. The molecule has 0 amide bonds. The van der Waals surface area contributed by atoms with Crippen LogP contribution in [0, 0.1) is 50.2 Å². The number of aliphatic hydroxyl groups excluding tert-OH is 15. The number of allylic oxidation sites excluding steroid dienone is 1. The van der Waals surface area contributed by atoms with Gasteiger partial charge in [0.15, 0.2) is 31.3 Å². The topological polar surface area (TPSA) is 413 Å². The minimum Gasteiger partial charge on any atom is -0.432 e. The number of ether oxygens (including phenoxy) is 10. The second-order valence-corrected chi connectivity index (χ2v) is 28.2. The molecular formula is C58H94O26. The van der Waals surface area contributed by atoms with Gasteiger partial charge in [0.1, 0.15) is 97.7 Å². The Labute approximate surface area is 488 Å². The fourth-order valence-corrected chi connectivity index (χ4v) is 17.3. The largest absolute Gasteiger partial charge is 0.432 e. The van der Waals surface area contributed by atoms with Gasteiger partial charge in [-0.05, 0) is 104 Å². The van der Waals surface area contributed by atoms with Gasteiger partial charge in [0.05, 0.1) is 50.2 Å². The number of hydrogen-bond donors (Lipinski definition) is 15. The van der Waals surface area contributed by atoms with Gasteiger partial charge in [0.2, 0.25) is 6.29 Å². The number of aliphatic hydroxyl groups is 15. The Bertz CT molecular complexity index is 2350. The molecule has 4 saturated carbocycles. The van der Waals surface area contributed by atoms with Crippen molar-refractivity contribution in [3.63, 3.8) is 0 Å². The number of fused-ring (bicyclic) bond motifs is 7. The number of rotatable bonds is 12. The minimum absolute atomic E-state index is 0.0925. The lowest BCUT2D eigenvalue weighted by Crippen LogP contribution is -2.68. The highest BCUT2D eigenvalue weighted by Gasteiger charge is 2.72. The fourth-order valence-electron chi connectivity index (χ4n) is 17.3. The number of hydrogen-bond acceptors (Lipinski definition) is 26. The molecule has 0 radical (unpaired) electrons. The highest BCUT2D eigenvalue weighted by Crippen LogP contribution is 2.76. The van der Waals surface area contributed by atoms with Crippen LogP contribution in [0.2, 0.25) is 0 Å². The fraction of sp³-hybridized carbons (Fsp3) is 0.948. The zero-order chi connectivity index (χ0) is 61.3. The summed E-state index contributed by atoms with van der Waals surface area (Å²) in [4.78, 5) is 15.6. The Balaban J connectivity index is 0.894. The third kappa shape index (κ3) is 10.7. The second kappa shape index (κ2) is 23.8. The summed E-state index contributed by atoms with van der Waals surface area (Å²) in [6, 6.07) is 0. The molecule has 10 rings (SSSR count). The van der Waals surface area contributed by atoms with E-state index in [-0.39, 0.29) is 42.1 Å². The summed E-state index contributed by atoms with van der Waals surface area (Å²) in [5.74, 6) is -1.34. The molecule has 84 heavy (non-hydrogen) atoms. The van der Waals surface area contributed by atoms with Crippen LogP contribution in [-0.2, 0) is 52.2 Å². The molecule has 0 spiro atoms. The molecule has 0 aromatic rings. The maximum absolute atomic E-state index is 15.6. The van der Waals surface area contributed by atoms with Crippen molar-refractivity contribution in [1.29, 1.82) is 0 Å². The summed E-state index contributed by atoms with van der Waals surface area (Å²) < 4.78 is 59.6. The summed E-state index contributed by atoms with van der Waals surface area (Å²) in [5.41, 5.74) is -2.77. The zero-order valence-electron chi connectivity index (χ0n) is 49.1. The average molecular weight is 1210 g/mol. The molecule has 26 heteroatoms. The van der Waals surface area contributed by atoms with E-state index in [2.05, 4.69) is 40.7 Å². The quantitative estimate of drug-likeness (QED) is 0.0528.